The first kappa shape index (κ1) is 19.9. The highest BCUT2D eigenvalue weighted by Crippen LogP contribution is 2.35. The van der Waals surface area contributed by atoms with Crippen LogP contribution < -0.4 is 10.9 Å². The van der Waals surface area contributed by atoms with Gasteiger partial charge >= 0.3 is 0 Å². The molecule has 2 aliphatic rings. The fourth-order valence-electron chi connectivity index (χ4n) is 4.92. The lowest BCUT2D eigenvalue weighted by Gasteiger charge is -2.45. The summed E-state index contributed by atoms with van der Waals surface area (Å²) >= 11 is 0. The number of carbonyl (C=O) groups excluding carboxylic acids is 1. The largest absolute Gasteiger partial charge is 0.334 e. The van der Waals surface area contributed by atoms with Gasteiger partial charge in [0.1, 0.15) is 5.56 Å². The van der Waals surface area contributed by atoms with Gasteiger partial charge in [0.15, 0.2) is 0 Å². The standard InChI is InChI=1S/C24H31N3O2/c1-16(2)20-12-11-19(23(28)26-20)24(29)27-15-13-18(17-8-4-3-5-9-17)22-21(27)10-6-7-14-25-22/h3-5,8-9,11-12,16,18,21-22,25H,6-7,10,13-15H2,1-2H3,(H,26,28)/t18-,21-,22-/m1/s1. The van der Waals surface area contributed by atoms with Crippen molar-refractivity contribution < 1.29 is 4.79 Å². The number of H-pyrrole nitrogens is 1. The predicted octanol–water partition coefficient (Wildman–Crippen LogP) is 3.64. The Balaban J connectivity index is 1.63. The molecular formula is C24H31N3O2. The number of carbonyl (C=O) groups is 1. The second-order valence-corrected chi connectivity index (χ2v) is 8.66. The number of rotatable bonds is 3. The van der Waals surface area contributed by atoms with Gasteiger partial charge < -0.3 is 15.2 Å². The van der Waals surface area contributed by atoms with Crippen LogP contribution in [-0.2, 0) is 0 Å². The minimum Gasteiger partial charge on any atom is -0.334 e. The molecule has 0 bridgehead atoms. The molecule has 29 heavy (non-hydrogen) atoms. The number of amides is 1. The van der Waals surface area contributed by atoms with Gasteiger partial charge in [-0.3, -0.25) is 9.59 Å². The normalized spacial score (nSPS) is 24.8. The Morgan fingerprint density at radius 3 is 2.59 bits per heavy atom. The molecule has 0 aliphatic carbocycles. The van der Waals surface area contributed by atoms with Gasteiger partial charge in [-0.15, -0.1) is 0 Å². The third-order valence-electron chi connectivity index (χ3n) is 6.51. The molecule has 3 atom stereocenters. The smallest absolute Gasteiger partial charge is 0.261 e. The quantitative estimate of drug-likeness (QED) is 0.837. The van der Waals surface area contributed by atoms with Crippen LogP contribution in [0.1, 0.15) is 73.0 Å². The Hall–Kier alpha value is -2.40. The highest BCUT2D eigenvalue weighted by molar-refractivity contribution is 5.94. The molecule has 1 amide bonds. The van der Waals surface area contributed by atoms with Gasteiger partial charge in [-0.25, -0.2) is 0 Å². The summed E-state index contributed by atoms with van der Waals surface area (Å²) in [6.07, 6.45) is 4.11. The molecule has 2 aromatic rings. The third kappa shape index (κ3) is 4.01. The van der Waals surface area contributed by atoms with Crippen LogP contribution in [0.3, 0.4) is 0 Å². The molecule has 0 unspecified atom stereocenters. The minimum atomic E-state index is -0.274. The number of pyridine rings is 1. The molecule has 3 heterocycles. The van der Waals surface area contributed by atoms with E-state index < -0.39 is 0 Å². The number of piperidine rings is 1. The van der Waals surface area contributed by atoms with Gasteiger partial charge in [-0.05, 0) is 49.4 Å². The van der Waals surface area contributed by atoms with E-state index >= 15 is 0 Å². The van der Waals surface area contributed by atoms with Gasteiger partial charge in [0.25, 0.3) is 11.5 Å². The number of hydrogen-bond donors (Lipinski definition) is 2. The van der Waals surface area contributed by atoms with Crippen molar-refractivity contribution in [2.45, 2.75) is 63.5 Å². The molecule has 2 fully saturated rings. The van der Waals surface area contributed by atoms with Crippen molar-refractivity contribution in [1.29, 1.82) is 0 Å². The van der Waals surface area contributed by atoms with Gasteiger partial charge in [-0.1, -0.05) is 50.6 Å². The summed E-state index contributed by atoms with van der Waals surface area (Å²) in [5.74, 6) is 0.487. The summed E-state index contributed by atoms with van der Waals surface area (Å²) in [5.41, 5.74) is 2.19. The van der Waals surface area contributed by atoms with Crippen molar-refractivity contribution in [1.82, 2.24) is 15.2 Å². The summed E-state index contributed by atoms with van der Waals surface area (Å²) in [5, 5.41) is 3.73. The first-order valence-corrected chi connectivity index (χ1v) is 10.9. The fourth-order valence-corrected chi connectivity index (χ4v) is 4.92. The van der Waals surface area contributed by atoms with Crippen molar-refractivity contribution in [2.24, 2.45) is 0 Å². The zero-order chi connectivity index (χ0) is 20.4. The van der Waals surface area contributed by atoms with Crippen LogP contribution in [0.25, 0.3) is 0 Å². The maximum atomic E-state index is 13.4. The van der Waals surface area contributed by atoms with Crippen LogP contribution in [0.15, 0.2) is 47.3 Å². The molecule has 5 heteroatoms. The zero-order valence-electron chi connectivity index (χ0n) is 17.4. The van der Waals surface area contributed by atoms with Crippen molar-refractivity contribution in [3.63, 3.8) is 0 Å². The maximum absolute atomic E-state index is 13.4. The van der Waals surface area contributed by atoms with Crippen LogP contribution in [-0.4, -0.2) is 41.0 Å². The van der Waals surface area contributed by atoms with E-state index in [-0.39, 0.29) is 35.0 Å². The Labute approximate surface area is 172 Å². The summed E-state index contributed by atoms with van der Waals surface area (Å²) in [7, 11) is 0. The molecule has 0 saturated carbocycles. The van der Waals surface area contributed by atoms with E-state index in [0.29, 0.717) is 12.5 Å². The lowest BCUT2D eigenvalue weighted by Crippen LogP contribution is -2.58. The number of nitrogens with zero attached hydrogens (tertiary/aromatic N) is 1. The molecule has 5 nitrogen and oxygen atoms in total. The van der Waals surface area contributed by atoms with E-state index in [9.17, 15) is 9.59 Å². The van der Waals surface area contributed by atoms with Crippen molar-refractivity contribution in [2.75, 3.05) is 13.1 Å². The molecule has 2 aliphatic heterocycles. The SMILES string of the molecule is CC(C)c1ccc(C(=O)N2CC[C@H](c3ccccc3)[C@H]3NCCCC[C@H]32)c(=O)[nH]1. The number of benzene rings is 1. The molecule has 0 radical (unpaired) electrons. The second-order valence-electron chi connectivity index (χ2n) is 8.66. The Kier molecular flexibility index (Phi) is 5.86. The van der Waals surface area contributed by atoms with E-state index in [1.165, 1.54) is 5.56 Å². The Morgan fingerprint density at radius 1 is 1.07 bits per heavy atom. The second kappa shape index (κ2) is 8.54. The molecule has 2 N–H and O–H groups in total. The van der Waals surface area contributed by atoms with Crippen LogP contribution >= 0.6 is 0 Å². The summed E-state index contributed by atoms with van der Waals surface area (Å²) in [6.45, 7) is 5.73. The maximum Gasteiger partial charge on any atom is 0.261 e. The van der Waals surface area contributed by atoms with E-state index in [4.69, 9.17) is 0 Å². The number of aromatic amines is 1. The minimum absolute atomic E-state index is 0.119. The summed E-state index contributed by atoms with van der Waals surface area (Å²) < 4.78 is 0. The monoisotopic (exact) mass is 393 g/mol. The van der Waals surface area contributed by atoms with E-state index in [1.54, 1.807) is 6.07 Å². The number of aromatic nitrogens is 1. The van der Waals surface area contributed by atoms with Gasteiger partial charge in [0.2, 0.25) is 0 Å². The van der Waals surface area contributed by atoms with Crippen molar-refractivity contribution >= 4 is 5.91 Å². The molecule has 2 saturated heterocycles. The van der Waals surface area contributed by atoms with Crippen LogP contribution in [0.5, 0.6) is 0 Å². The van der Waals surface area contributed by atoms with E-state index in [1.807, 2.05) is 30.9 Å². The number of likely N-dealkylation sites (tertiary alicyclic amines) is 1. The van der Waals surface area contributed by atoms with Crippen LogP contribution in [0.4, 0.5) is 0 Å². The molecule has 0 spiro atoms. The molecular weight excluding hydrogens is 362 g/mol. The number of fused-ring (bicyclic) bond motifs is 1. The lowest BCUT2D eigenvalue weighted by molar-refractivity contribution is 0.0508. The summed E-state index contributed by atoms with van der Waals surface area (Å²) in [4.78, 5) is 30.9. The summed E-state index contributed by atoms with van der Waals surface area (Å²) in [6, 6.07) is 14.6. The highest BCUT2D eigenvalue weighted by Gasteiger charge is 2.41. The zero-order valence-corrected chi connectivity index (χ0v) is 17.4. The van der Waals surface area contributed by atoms with Crippen molar-refractivity contribution in [3.8, 4) is 0 Å². The van der Waals surface area contributed by atoms with Crippen molar-refractivity contribution in [3.05, 3.63) is 69.6 Å². The Morgan fingerprint density at radius 2 is 1.86 bits per heavy atom. The highest BCUT2D eigenvalue weighted by atomic mass is 16.2. The predicted molar refractivity (Wildman–Crippen MR) is 115 cm³/mol. The average molecular weight is 394 g/mol. The first-order valence-electron chi connectivity index (χ1n) is 10.9. The van der Waals surface area contributed by atoms with Gasteiger partial charge in [0.05, 0.1) is 0 Å². The molecule has 1 aromatic carbocycles. The van der Waals surface area contributed by atoms with Gasteiger partial charge in [-0.2, -0.15) is 0 Å². The first-order chi connectivity index (χ1) is 14.1. The number of hydrogen-bond acceptors (Lipinski definition) is 3. The topological polar surface area (TPSA) is 65.2 Å². The molecule has 4 rings (SSSR count). The number of nitrogens with one attached hydrogen (secondary N) is 2. The van der Waals surface area contributed by atoms with Crippen LogP contribution in [0, 0.1) is 0 Å². The average Bonchev–Trinajstić information content (AvgIpc) is 2.99. The third-order valence-corrected chi connectivity index (χ3v) is 6.51. The van der Waals surface area contributed by atoms with E-state index in [0.717, 1.165) is 37.9 Å². The lowest BCUT2D eigenvalue weighted by atomic mass is 9.79. The Bertz CT molecular complexity index is 906. The van der Waals surface area contributed by atoms with Gasteiger partial charge in [0, 0.05) is 30.2 Å². The van der Waals surface area contributed by atoms with Crippen LogP contribution in [0.2, 0.25) is 0 Å². The fraction of sp³-hybridized carbons (Fsp3) is 0.500. The van der Waals surface area contributed by atoms with E-state index in [2.05, 4.69) is 34.6 Å². The molecule has 1 aromatic heterocycles. The molecule has 154 valence electrons.